The molecule has 0 unspecified atom stereocenters. The highest BCUT2D eigenvalue weighted by Gasteiger charge is 2.30. The Labute approximate surface area is 214 Å². The predicted molar refractivity (Wildman–Crippen MR) is 142 cm³/mol. The minimum atomic E-state index is -0.477. The molecular weight excluding hydrogens is 460 g/mol. The number of hydrogen-bond acceptors (Lipinski definition) is 4. The number of aryl methyl sites for hydroxylation is 1. The van der Waals surface area contributed by atoms with E-state index in [1.807, 2.05) is 32.0 Å². The SMILES string of the molecule is CCC[C@H](C1CCCCC1)N(N)C(=O)c1cc(C)cc(CCOc2cccc(C(=O)Cl)c2CC)c1. The van der Waals surface area contributed by atoms with Crippen LogP contribution in [0.25, 0.3) is 0 Å². The molecule has 2 aromatic rings. The molecule has 3 rings (SSSR count). The molecule has 1 amide bonds. The van der Waals surface area contributed by atoms with E-state index >= 15 is 0 Å². The normalized spacial score (nSPS) is 15.0. The Morgan fingerprint density at radius 2 is 1.89 bits per heavy atom. The zero-order chi connectivity index (χ0) is 25.4. The van der Waals surface area contributed by atoms with E-state index < -0.39 is 5.24 Å². The summed E-state index contributed by atoms with van der Waals surface area (Å²) in [5.74, 6) is 7.53. The molecule has 6 heteroatoms. The number of rotatable bonds is 11. The lowest BCUT2D eigenvalue weighted by Crippen LogP contribution is -2.49. The summed E-state index contributed by atoms with van der Waals surface area (Å²) in [4.78, 5) is 25.1. The highest BCUT2D eigenvalue weighted by Crippen LogP contribution is 2.31. The third-order valence-corrected chi connectivity index (χ3v) is 7.30. The van der Waals surface area contributed by atoms with E-state index in [9.17, 15) is 9.59 Å². The Hall–Kier alpha value is -2.37. The van der Waals surface area contributed by atoms with Crippen LogP contribution < -0.4 is 10.6 Å². The van der Waals surface area contributed by atoms with Gasteiger partial charge in [0.2, 0.25) is 0 Å². The fourth-order valence-electron chi connectivity index (χ4n) is 5.38. The fourth-order valence-corrected chi connectivity index (χ4v) is 5.55. The van der Waals surface area contributed by atoms with Crippen LogP contribution in [0.1, 0.15) is 96.2 Å². The molecule has 1 atom stereocenters. The van der Waals surface area contributed by atoms with Crippen LogP contribution in [0.15, 0.2) is 36.4 Å². The van der Waals surface area contributed by atoms with E-state index in [-0.39, 0.29) is 11.9 Å². The van der Waals surface area contributed by atoms with Gasteiger partial charge in [0.05, 0.1) is 12.6 Å². The maximum absolute atomic E-state index is 13.4. The van der Waals surface area contributed by atoms with E-state index in [0.29, 0.717) is 42.2 Å². The van der Waals surface area contributed by atoms with Gasteiger partial charge in [-0.2, -0.15) is 0 Å². The molecule has 35 heavy (non-hydrogen) atoms. The third kappa shape index (κ3) is 7.08. The molecule has 0 bridgehead atoms. The Morgan fingerprint density at radius 1 is 1.14 bits per heavy atom. The van der Waals surface area contributed by atoms with Crippen molar-refractivity contribution in [3.63, 3.8) is 0 Å². The van der Waals surface area contributed by atoms with Crippen LogP contribution in [0.3, 0.4) is 0 Å². The number of nitrogens with zero attached hydrogens (tertiary/aromatic N) is 1. The van der Waals surface area contributed by atoms with E-state index in [1.54, 1.807) is 12.1 Å². The first-order chi connectivity index (χ1) is 16.8. The van der Waals surface area contributed by atoms with Crippen molar-refractivity contribution in [3.05, 3.63) is 64.2 Å². The minimum absolute atomic E-state index is 0.0875. The van der Waals surface area contributed by atoms with Crippen molar-refractivity contribution in [2.45, 2.75) is 84.6 Å². The molecule has 0 saturated heterocycles. The van der Waals surface area contributed by atoms with Crippen LogP contribution in [0.5, 0.6) is 5.75 Å². The van der Waals surface area contributed by atoms with Crippen molar-refractivity contribution >= 4 is 22.8 Å². The van der Waals surface area contributed by atoms with Gasteiger partial charge in [0.15, 0.2) is 0 Å². The number of hydrogen-bond donors (Lipinski definition) is 1. The Morgan fingerprint density at radius 3 is 2.54 bits per heavy atom. The first kappa shape index (κ1) is 27.2. The van der Waals surface area contributed by atoms with Gasteiger partial charge in [-0.15, -0.1) is 0 Å². The van der Waals surface area contributed by atoms with Crippen LogP contribution in [-0.4, -0.2) is 28.8 Å². The van der Waals surface area contributed by atoms with Gasteiger partial charge in [-0.3, -0.25) is 14.6 Å². The largest absolute Gasteiger partial charge is 0.493 e. The van der Waals surface area contributed by atoms with E-state index in [1.165, 1.54) is 24.3 Å². The Balaban J connectivity index is 1.71. The van der Waals surface area contributed by atoms with Gasteiger partial charge in [0, 0.05) is 23.1 Å². The molecule has 0 aliphatic heterocycles. The summed E-state index contributed by atoms with van der Waals surface area (Å²) in [6, 6.07) is 11.4. The van der Waals surface area contributed by atoms with Gasteiger partial charge < -0.3 is 4.74 Å². The van der Waals surface area contributed by atoms with E-state index in [2.05, 4.69) is 13.0 Å². The van der Waals surface area contributed by atoms with E-state index in [4.69, 9.17) is 22.2 Å². The summed E-state index contributed by atoms with van der Waals surface area (Å²) in [5.41, 5.74) is 3.97. The summed E-state index contributed by atoms with van der Waals surface area (Å²) >= 11 is 5.73. The Kier molecular flexibility index (Phi) is 10.2. The summed E-state index contributed by atoms with van der Waals surface area (Å²) in [6.45, 7) is 6.55. The van der Waals surface area contributed by atoms with Crippen molar-refractivity contribution in [2.75, 3.05) is 6.61 Å². The van der Waals surface area contributed by atoms with Crippen molar-refractivity contribution in [1.82, 2.24) is 5.01 Å². The average Bonchev–Trinajstić information content (AvgIpc) is 2.86. The molecular formula is C29H39ClN2O3. The van der Waals surface area contributed by atoms with Gasteiger partial charge >= 0.3 is 0 Å². The molecule has 5 nitrogen and oxygen atoms in total. The van der Waals surface area contributed by atoms with Crippen LogP contribution in [0.2, 0.25) is 0 Å². The second kappa shape index (κ2) is 13.1. The van der Waals surface area contributed by atoms with Gasteiger partial charge in [-0.25, -0.2) is 5.84 Å². The van der Waals surface area contributed by atoms with Crippen LogP contribution in [0, 0.1) is 12.8 Å². The molecule has 1 aliphatic carbocycles. The number of ether oxygens (including phenoxy) is 1. The van der Waals surface area contributed by atoms with Crippen LogP contribution in [0.4, 0.5) is 0 Å². The standard InChI is InChI=1S/C29H39ClN2O3/c1-4-10-26(22-11-7-6-8-12-22)32(31)29(34)23-18-20(3)17-21(19-23)15-16-35-27-14-9-13-25(28(30)33)24(27)5-2/h9,13-14,17-19,22,26H,4-8,10-12,15-16,31H2,1-3H3/t26-/m1/s1. The lowest BCUT2D eigenvalue weighted by molar-refractivity contribution is 0.0548. The fraction of sp³-hybridized carbons (Fsp3) is 0.517. The number of benzene rings is 2. The third-order valence-electron chi connectivity index (χ3n) is 7.10. The van der Waals surface area contributed by atoms with Crippen molar-refractivity contribution in [1.29, 1.82) is 0 Å². The molecule has 0 spiro atoms. The molecule has 0 heterocycles. The van der Waals surface area contributed by atoms with Gasteiger partial charge in [0.1, 0.15) is 5.75 Å². The molecule has 1 fully saturated rings. The maximum atomic E-state index is 13.4. The smallest absolute Gasteiger partial charge is 0.268 e. The molecule has 1 saturated carbocycles. The molecule has 190 valence electrons. The van der Waals surface area contributed by atoms with Gasteiger partial charge in [-0.1, -0.05) is 57.2 Å². The van der Waals surface area contributed by atoms with Crippen molar-refractivity contribution in [2.24, 2.45) is 11.8 Å². The summed E-state index contributed by atoms with van der Waals surface area (Å²) in [5, 5.41) is 1.03. The molecule has 0 radical (unpaired) electrons. The van der Waals surface area contributed by atoms with Gasteiger partial charge in [-0.05, 0) is 80.0 Å². The van der Waals surface area contributed by atoms with Crippen molar-refractivity contribution in [3.8, 4) is 5.75 Å². The number of carbonyl (C=O) groups is 2. The second-order valence-electron chi connectivity index (χ2n) is 9.68. The monoisotopic (exact) mass is 498 g/mol. The zero-order valence-electron chi connectivity index (χ0n) is 21.3. The molecule has 2 aromatic carbocycles. The first-order valence-electron chi connectivity index (χ1n) is 13.0. The predicted octanol–water partition coefficient (Wildman–Crippen LogP) is 6.62. The van der Waals surface area contributed by atoms with Crippen molar-refractivity contribution < 1.29 is 14.3 Å². The molecule has 2 N–H and O–H groups in total. The highest BCUT2D eigenvalue weighted by atomic mass is 35.5. The number of nitrogens with two attached hydrogens (primary N) is 1. The lowest BCUT2D eigenvalue weighted by Gasteiger charge is -2.36. The zero-order valence-corrected chi connectivity index (χ0v) is 22.1. The summed E-state index contributed by atoms with van der Waals surface area (Å²) in [6.07, 6.45) is 9.26. The van der Waals surface area contributed by atoms with Crippen LogP contribution in [-0.2, 0) is 12.8 Å². The Bertz CT molecular complexity index is 1020. The van der Waals surface area contributed by atoms with Crippen LogP contribution >= 0.6 is 11.6 Å². The maximum Gasteiger partial charge on any atom is 0.268 e. The highest BCUT2D eigenvalue weighted by molar-refractivity contribution is 6.68. The number of amides is 1. The summed E-state index contributed by atoms with van der Waals surface area (Å²) in [7, 11) is 0. The molecule has 0 aromatic heterocycles. The second-order valence-corrected chi connectivity index (χ2v) is 10.0. The number of halogens is 1. The topological polar surface area (TPSA) is 72.6 Å². The number of hydrazine groups is 1. The van der Waals surface area contributed by atoms with Gasteiger partial charge in [0.25, 0.3) is 11.1 Å². The lowest BCUT2D eigenvalue weighted by atomic mass is 9.82. The first-order valence-corrected chi connectivity index (χ1v) is 13.4. The van der Waals surface area contributed by atoms with E-state index in [0.717, 1.165) is 42.4 Å². The number of carbonyl (C=O) groups excluding carboxylic acids is 2. The minimum Gasteiger partial charge on any atom is -0.493 e. The average molecular weight is 499 g/mol. The quantitative estimate of drug-likeness (QED) is 0.163. The molecule has 1 aliphatic rings. The summed E-state index contributed by atoms with van der Waals surface area (Å²) < 4.78 is 6.03.